The van der Waals surface area contributed by atoms with Crippen LogP contribution >= 0.6 is 11.3 Å². The van der Waals surface area contributed by atoms with Gasteiger partial charge in [-0.05, 0) is 58.7 Å². The number of nitrogens with zero attached hydrogens (tertiary/aromatic N) is 5. The average Bonchev–Trinajstić information content (AvgIpc) is 4.02. The van der Waals surface area contributed by atoms with E-state index in [1.54, 1.807) is 11.3 Å². The highest BCUT2D eigenvalue weighted by Crippen LogP contribution is 2.43. The third-order valence-corrected chi connectivity index (χ3v) is 13.5. The second-order valence-electron chi connectivity index (χ2n) is 16.0. The standard InChI is InChI=1S/C57H35N5S/c1-3-16-36(17-4-1)41-22-7-8-23-42(41)38-20-15-21-40(34-38)61-49-27-12-9-24-43(49)47-32-33-48-44-25-10-13-28-50(44)62(54(48)53(47)61)57-59-55(37-18-5-2-6-19-37)58-56(60-57)39-30-31-46-45-26-11-14-29-51(45)63-52(46)35-39/h1-35H. The summed E-state index contributed by atoms with van der Waals surface area (Å²) in [5.41, 5.74) is 12.0. The molecule has 4 heterocycles. The van der Waals surface area contributed by atoms with Crippen molar-refractivity contribution >= 4 is 75.1 Å². The minimum Gasteiger partial charge on any atom is -0.307 e. The molecule has 9 aromatic carbocycles. The molecule has 0 unspecified atom stereocenters. The van der Waals surface area contributed by atoms with E-state index in [0.717, 1.165) is 60.6 Å². The Morgan fingerprint density at radius 3 is 1.57 bits per heavy atom. The van der Waals surface area contributed by atoms with Crippen molar-refractivity contribution < 1.29 is 0 Å². The Bertz CT molecular complexity index is 3920. The minimum absolute atomic E-state index is 0.566. The zero-order valence-corrected chi connectivity index (χ0v) is 34.7. The van der Waals surface area contributed by atoms with E-state index in [0.29, 0.717) is 17.6 Å². The van der Waals surface area contributed by atoms with Crippen molar-refractivity contribution in [3.63, 3.8) is 0 Å². The molecule has 0 fully saturated rings. The van der Waals surface area contributed by atoms with Crippen LogP contribution in [-0.4, -0.2) is 24.1 Å². The van der Waals surface area contributed by atoms with E-state index in [1.807, 2.05) is 18.2 Å². The molecule has 0 saturated carbocycles. The summed E-state index contributed by atoms with van der Waals surface area (Å²) >= 11 is 1.80. The normalized spacial score (nSPS) is 11.8. The van der Waals surface area contributed by atoms with E-state index in [2.05, 4.69) is 203 Å². The lowest BCUT2D eigenvalue weighted by Crippen LogP contribution is -2.07. The Labute approximate surface area is 366 Å². The minimum atomic E-state index is 0.566. The van der Waals surface area contributed by atoms with Gasteiger partial charge in [-0.25, -0.2) is 4.98 Å². The maximum Gasteiger partial charge on any atom is 0.238 e. The quantitative estimate of drug-likeness (QED) is 0.168. The molecule has 0 aliphatic heterocycles. The van der Waals surface area contributed by atoms with E-state index in [9.17, 15) is 0 Å². The van der Waals surface area contributed by atoms with Crippen LogP contribution in [0.3, 0.4) is 0 Å². The second-order valence-corrected chi connectivity index (χ2v) is 17.1. The lowest BCUT2D eigenvalue weighted by Gasteiger charge is -2.15. The summed E-state index contributed by atoms with van der Waals surface area (Å²) in [5.74, 6) is 1.81. The van der Waals surface area contributed by atoms with E-state index in [4.69, 9.17) is 15.0 Å². The highest BCUT2D eigenvalue weighted by molar-refractivity contribution is 7.25. The molecule has 0 spiro atoms. The van der Waals surface area contributed by atoms with Crippen LogP contribution in [0.2, 0.25) is 0 Å². The van der Waals surface area contributed by atoms with Crippen molar-refractivity contribution in [3.8, 4) is 56.7 Å². The molecule has 6 heteroatoms. The van der Waals surface area contributed by atoms with E-state index in [1.165, 1.54) is 42.2 Å². The first kappa shape index (κ1) is 35.6. The maximum atomic E-state index is 5.42. The van der Waals surface area contributed by atoms with Gasteiger partial charge in [0.05, 0.1) is 22.1 Å². The molecule has 0 radical (unpaired) electrons. The number of para-hydroxylation sites is 2. The van der Waals surface area contributed by atoms with E-state index < -0.39 is 0 Å². The predicted molar refractivity (Wildman–Crippen MR) is 263 cm³/mol. The first-order valence-electron chi connectivity index (χ1n) is 21.2. The molecule has 0 saturated heterocycles. The highest BCUT2D eigenvalue weighted by atomic mass is 32.1. The van der Waals surface area contributed by atoms with Crippen molar-refractivity contribution in [2.75, 3.05) is 0 Å². The topological polar surface area (TPSA) is 48.5 Å². The van der Waals surface area contributed by atoms with Crippen molar-refractivity contribution in [2.45, 2.75) is 0 Å². The van der Waals surface area contributed by atoms with Gasteiger partial charge in [0.2, 0.25) is 5.95 Å². The van der Waals surface area contributed by atoms with Gasteiger partial charge in [-0.15, -0.1) is 11.3 Å². The van der Waals surface area contributed by atoms with Gasteiger partial charge in [-0.3, -0.25) is 4.57 Å². The zero-order valence-electron chi connectivity index (χ0n) is 33.9. The molecule has 0 amide bonds. The van der Waals surface area contributed by atoms with Crippen LogP contribution in [0.4, 0.5) is 0 Å². The van der Waals surface area contributed by atoms with Gasteiger partial charge in [-0.1, -0.05) is 176 Å². The van der Waals surface area contributed by atoms with Gasteiger partial charge in [0.15, 0.2) is 11.6 Å². The molecule has 294 valence electrons. The molecular formula is C57H35N5S. The summed E-state index contributed by atoms with van der Waals surface area (Å²) in [7, 11) is 0. The van der Waals surface area contributed by atoms with E-state index in [-0.39, 0.29) is 0 Å². The van der Waals surface area contributed by atoms with Crippen molar-refractivity contribution in [1.29, 1.82) is 0 Å². The number of rotatable bonds is 6. The van der Waals surface area contributed by atoms with Crippen LogP contribution in [-0.2, 0) is 0 Å². The molecule has 13 rings (SSSR count). The molecule has 63 heavy (non-hydrogen) atoms. The van der Waals surface area contributed by atoms with Crippen LogP contribution in [0.5, 0.6) is 0 Å². The van der Waals surface area contributed by atoms with Gasteiger partial charge < -0.3 is 4.57 Å². The predicted octanol–water partition coefficient (Wildman–Crippen LogP) is 15.1. The summed E-state index contributed by atoms with van der Waals surface area (Å²) < 4.78 is 7.18. The molecule has 13 aromatic rings. The van der Waals surface area contributed by atoms with Crippen LogP contribution < -0.4 is 0 Å². The summed E-state index contributed by atoms with van der Waals surface area (Å²) in [6.07, 6.45) is 0. The zero-order chi connectivity index (χ0) is 41.4. The highest BCUT2D eigenvalue weighted by Gasteiger charge is 2.24. The lowest BCUT2D eigenvalue weighted by molar-refractivity contribution is 0.953. The second kappa shape index (κ2) is 14.2. The SMILES string of the molecule is c1ccc(-c2nc(-c3ccc4c(c3)sc3ccccc34)nc(-n3c4ccccc4c4ccc5c6ccccc6n(-c6cccc(-c7ccccc7-c7ccccc7)c6)c5c43)n2)cc1. The molecule has 0 aliphatic carbocycles. The van der Waals surface area contributed by atoms with Crippen LogP contribution in [0, 0.1) is 0 Å². The smallest absolute Gasteiger partial charge is 0.238 e. The van der Waals surface area contributed by atoms with Crippen molar-refractivity contribution in [1.82, 2.24) is 24.1 Å². The first-order valence-corrected chi connectivity index (χ1v) is 22.0. The number of fused-ring (bicyclic) bond motifs is 10. The summed E-state index contributed by atoms with van der Waals surface area (Å²) in [5, 5.41) is 7.10. The molecular weight excluding hydrogens is 787 g/mol. The Morgan fingerprint density at radius 2 is 0.841 bits per heavy atom. The number of thiophene rings is 1. The molecule has 0 N–H and O–H groups in total. The Balaban J connectivity index is 1.10. The third kappa shape index (κ3) is 5.66. The monoisotopic (exact) mass is 821 g/mol. The van der Waals surface area contributed by atoms with E-state index >= 15 is 0 Å². The third-order valence-electron chi connectivity index (χ3n) is 12.4. The summed E-state index contributed by atoms with van der Waals surface area (Å²) in [6.45, 7) is 0. The lowest BCUT2D eigenvalue weighted by atomic mass is 9.94. The van der Waals surface area contributed by atoms with Gasteiger partial charge in [-0.2, -0.15) is 9.97 Å². The fraction of sp³-hybridized carbons (Fsp3) is 0. The maximum absolute atomic E-state index is 5.42. The largest absolute Gasteiger partial charge is 0.307 e. The number of aromatic nitrogens is 5. The Hall–Kier alpha value is -8.19. The van der Waals surface area contributed by atoms with Crippen LogP contribution in [0.25, 0.3) is 120 Å². The fourth-order valence-corrected chi connectivity index (χ4v) is 10.7. The molecule has 0 aliphatic rings. The van der Waals surface area contributed by atoms with Gasteiger partial charge in [0.25, 0.3) is 0 Å². The number of hydrogen-bond acceptors (Lipinski definition) is 4. The molecule has 0 atom stereocenters. The molecule has 5 nitrogen and oxygen atoms in total. The van der Waals surface area contributed by atoms with Crippen LogP contribution in [0.1, 0.15) is 0 Å². The van der Waals surface area contributed by atoms with Gasteiger partial charge in [0, 0.05) is 58.5 Å². The first-order chi connectivity index (χ1) is 31.2. The Kier molecular flexibility index (Phi) is 8.01. The van der Waals surface area contributed by atoms with Crippen molar-refractivity contribution in [2.24, 2.45) is 0 Å². The van der Waals surface area contributed by atoms with Crippen LogP contribution in [0.15, 0.2) is 212 Å². The number of hydrogen-bond donors (Lipinski definition) is 0. The van der Waals surface area contributed by atoms with Gasteiger partial charge in [0.1, 0.15) is 0 Å². The number of benzene rings is 9. The average molecular weight is 822 g/mol. The summed E-state index contributed by atoms with van der Waals surface area (Å²) in [4.78, 5) is 16.0. The molecule has 4 aromatic heterocycles. The van der Waals surface area contributed by atoms with Gasteiger partial charge >= 0.3 is 0 Å². The molecule has 0 bridgehead atoms. The summed E-state index contributed by atoms with van der Waals surface area (Å²) in [6, 6.07) is 75.7. The Morgan fingerprint density at radius 1 is 0.317 bits per heavy atom. The fourth-order valence-electron chi connectivity index (χ4n) is 9.57. The van der Waals surface area contributed by atoms with Crippen molar-refractivity contribution in [3.05, 3.63) is 212 Å².